The Labute approximate surface area is 193 Å². The predicted octanol–water partition coefficient (Wildman–Crippen LogP) is 3.72. The first kappa shape index (κ1) is 23.0. The molecule has 3 aromatic heterocycles. The number of ether oxygens (including phenoxy) is 3. The molecule has 3 heterocycles. The van der Waals surface area contributed by atoms with E-state index in [2.05, 4.69) is 30.3 Å². The zero-order valence-electron chi connectivity index (χ0n) is 18.6. The lowest BCUT2D eigenvalue weighted by Crippen LogP contribution is -2.10. The summed E-state index contributed by atoms with van der Waals surface area (Å²) in [6.07, 6.45) is 0.285. The molecule has 1 aromatic carbocycles. The number of nitrogens with zero attached hydrogens (tertiary/aromatic N) is 4. The number of anilines is 2. The zero-order valence-corrected chi connectivity index (χ0v) is 18.6. The average Bonchev–Trinajstić information content (AvgIpc) is 3.29. The molecule has 0 bridgehead atoms. The Balaban J connectivity index is 1.62. The number of methoxy groups -OCH3 is 2. The number of halogens is 2. The van der Waals surface area contributed by atoms with Crippen LogP contribution in [0.5, 0.6) is 17.2 Å². The first-order valence-electron chi connectivity index (χ1n) is 10.2. The normalized spacial score (nSPS) is 11.1. The Morgan fingerprint density at radius 2 is 1.79 bits per heavy atom. The fourth-order valence-corrected chi connectivity index (χ4v) is 3.47. The molecule has 10 nitrogen and oxygen atoms in total. The number of fused-ring (bicyclic) bond motifs is 1. The van der Waals surface area contributed by atoms with Crippen LogP contribution in [0.2, 0.25) is 0 Å². The van der Waals surface area contributed by atoms with Crippen LogP contribution in [0.4, 0.5) is 20.3 Å². The Kier molecular flexibility index (Phi) is 6.57. The second-order valence-electron chi connectivity index (χ2n) is 7.27. The monoisotopic (exact) mass is 472 g/mol. The van der Waals surface area contributed by atoms with Crippen molar-refractivity contribution in [3.8, 4) is 17.2 Å². The molecule has 3 N–H and O–H groups in total. The molecule has 0 aliphatic carbocycles. The summed E-state index contributed by atoms with van der Waals surface area (Å²) in [6, 6.07) is 8.37. The molecule has 0 saturated heterocycles. The number of nitrogens with two attached hydrogens (primary N) is 1. The second kappa shape index (κ2) is 9.73. The Bertz CT molecular complexity index is 1310. The maximum atomic E-state index is 13.0. The van der Waals surface area contributed by atoms with Crippen molar-refractivity contribution in [1.29, 1.82) is 0 Å². The van der Waals surface area contributed by atoms with E-state index in [9.17, 15) is 8.78 Å². The van der Waals surface area contributed by atoms with Crippen LogP contribution in [0.25, 0.3) is 11.2 Å². The highest BCUT2D eigenvalue weighted by atomic mass is 19.3. The minimum Gasteiger partial charge on any atom is -0.493 e. The van der Waals surface area contributed by atoms with Crippen molar-refractivity contribution in [3.05, 3.63) is 52.8 Å². The van der Waals surface area contributed by atoms with Gasteiger partial charge in [-0.2, -0.15) is 8.78 Å². The third-order valence-electron chi connectivity index (χ3n) is 5.16. The minimum absolute atomic E-state index is 0.0850. The van der Waals surface area contributed by atoms with Crippen LogP contribution >= 0.6 is 0 Å². The van der Waals surface area contributed by atoms with Crippen LogP contribution in [0.15, 0.2) is 35.0 Å². The third kappa shape index (κ3) is 4.75. The van der Waals surface area contributed by atoms with Crippen molar-refractivity contribution in [2.75, 3.05) is 25.3 Å². The van der Waals surface area contributed by atoms with Crippen molar-refractivity contribution in [2.45, 2.75) is 26.5 Å². The van der Waals surface area contributed by atoms with Crippen LogP contribution < -0.4 is 25.3 Å². The van der Waals surface area contributed by atoms with Gasteiger partial charge in [-0.1, -0.05) is 6.07 Å². The van der Waals surface area contributed by atoms with Gasteiger partial charge in [0.1, 0.15) is 0 Å². The van der Waals surface area contributed by atoms with Gasteiger partial charge in [-0.15, -0.1) is 0 Å². The summed E-state index contributed by atoms with van der Waals surface area (Å²) >= 11 is 0. The number of aromatic nitrogens is 4. The van der Waals surface area contributed by atoms with Crippen molar-refractivity contribution < 1.29 is 27.6 Å². The van der Waals surface area contributed by atoms with E-state index in [-0.39, 0.29) is 24.5 Å². The number of rotatable bonds is 9. The smallest absolute Gasteiger partial charge is 0.387 e. The van der Waals surface area contributed by atoms with E-state index in [1.807, 2.05) is 6.07 Å². The lowest BCUT2D eigenvalue weighted by molar-refractivity contribution is -0.0495. The SMILES string of the molecule is COc1ccc(CNc2nc(Cc3c(C)nc4nonc4c3N)ccc2OC(F)F)cc1OC. The zero-order chi connectivity index (χ0) is 24.2. The highest BCUT2D eigenvalue weighted by Crippen LogP contribution is 2.31. The number of benzene rings is 1. The van der Waals surface area contributed by atoms with Gasteiger partial charge in [0.05, 0.1) is 19.9 Å². The van der Waals surface area contributed by atoms with Gasteiger partial charge in [0.15, 0.2) is 28.6 Å². The number of aryl methyl sites for hydroxylation is 1. The fourth-order valence-electron chi connectivity index (χ4n) is 3.47. The molecule has 4 rings (SSSR count). The van der Waals surface area contributed by atoms with Crippen molar-refractivity contribution in [3.63, 3.8) is 0 Å². The lowest BCUT2D eigenvalue weighted by Gasteiger charge is -2.15. The second-order valence-corrected chi connectivity index (χ2v) is 7.27. The van der Waals surface area contributed by atoms with Crippen LogP contribution in [-0.4, -0.2) is 41.1 Å². The largest absolute Gasteiger partial charge is 0.493 e. The molecular formula is C22H22F2N6O4. The Morgan fingerprint density at radius 1 is 1.03 bits per heavy atom. The molecule has 178 valence electrons. The molecule has 0 atom stereocenters. The van der Waals surface area contributed by atoms with Gasteiger partial charge in [0.25, 0.3) is 0 Å². The van der Waals surface area contributed by atoms with Gasteiger partial charge >= 0.3 is 6.61 Å². The van der Waals surface area contributed by atoms with Crippen molar-refractivity contribution >= 4 is 22.7 Å². The van der Waals surface area contributed by atoms with Gasteiger partial charge in [0, 0.05) is 29.9 Å². The molecule has 0 spiro atoms. The molecular weight excluding hydrogens is 450 g/mol. The highest BCUT2D eigenvalue weighted by molar-refractivity contribution is 5.85. The summed E-state index contributed by atoms with van der Waals surface area (Å²) in [5, 5.41) is 10.6. The standard InChI is InChI=1S/C22H22F2N6O4/c1-11-14(18(25)19-21(27-11)30-34-29-19)9-13-5-7-16(33-22(23)24)20(28-13)26-10-12-4-6-15(31-2)17(8-12)32-3/h4-8,22H,9-10,25H2,1-3H3,(H,26,28). The quantitative estimate of drug-likeness (QED) is 0.372. The van der Waals surface area contributed by atoms with Crippen molar-refractivity contribution in [2.24, 2.45) is 0 Å². The third-order valence-corrected chi connectivity index (χ3v) is 5.16. The number of hydrogen-bond acceptors (Lipinski definition) is 10. The van der Waals surface area contributed by atoms with Crippen LogP contribution in [0, 0.1) is 6.92 Å². The molecule has 0 aliphatic heterocycles. The predicted molar refractivity (Wildman–Crippen MR) is 119 cm³/mol. The van der Waals surface area contributed by atoms with E-state index >= 15 is 0 Å². The Morgan fingerprint density at radius 3 is 2.53 bits per heavy atom. The molecule has 12 heteroatoms. The highest BCUT2D eigenvalue weighted by Gasteiger charge is 2.17. The maximum absolute atomic E-state index is 13.0. The first-order valence-corrected chi connectivity index (χ1v) is 10.2. The van der Waals surface area contributed by atoms with E-state index in [0.717, 1.165) is 5.56 Å². The van der Waals surface area contributed by atoms with Crippen LogP contribution in [0.3, 0.4) is 0 Å². The maximum Gasteiger partial charge on any atom is 0.387 e. The Hall–Kier alpha value is -4.22. The van der Waals surface area contributed by atoms with E-state index in [4.69, 9.17) is 19.8 Å². The van der Waals surface area contributed by atoms with Gasteiger partial charge in [-0.05, 0) is 47.1 Å². The minimum atomic E-state index is -3.00. The number of hydrogen-bond donors (Lipinski definition) is 2. The summed E-state index contributed by atoms with van der Waals surface area (Å²) in [7, 11) is 3.07. The topological polar surface area (TPSA) is 130 Å². The number of pyridine rings is 2. The van der Waals surface area contributed by atoms with Gasteiger partial charge < -0.3 is 25.3 Å². The lowest BCUT2D eigenvalue weighted by atomic mass is 10.1. The summed E-state index contributed by atoms with van der Waals surface area (Å²) in [5.41, 5.74) is 9.97. The number of nitrogen functional groups attached to an aromatic ring is 1. The van der Waals surface area contributed by atoms with E-state index in [1.54, 1.807) is 32.2 Å². The number of alkyl halides is 2. The van der Waals surface area contributed by atoms with Crippen LogP contribution in [-0.2, 0) is 13.0 Å². The fraction of sp³-hybridized carbons (Fsp3) is 0.273. The summed E-state index contributed by atoms with van der Waals surface area (Å²) in [4.78, 5) is 8.84. The van der Waals surface area contributed by atoms with E-state index < -0.39 is 6.61 Å². The first-order chi connectivity index (χ1) is 16.4. The number of nitrogens with one attached hydrogen (secondary N) is 1. The van der Waals surface area contributed by atoms with Crippen molar-refractivity contribution in [1.82, 2.24) is 20.3 Å². The molecule has 0 fully saturated rings. The van der Waals surface area contributed by atoms with Crippen LogP contribution in [0.1, 0.15) is 22.5 Å². The van der Waals surface area contributed by atoms with Gasteiger partial charge in [-0.3, -0.25) is 0 Å². The molecule has 4 aromatic rings. The average molecular weight is 472 g/mol. The molecule has 0 aliphatic rings. The molecule has 34 heavy (non-hydrogen) atoms. The van der Waals surface area contributed by atoms with Gasteiger partial charge in [-0.25, -0.2) is 14.6 Å². The molecule has 0 unspecified atom stereocenters. The van der Waals surface area contributed by atoms with E-state index in [0.29, 0.717) is 45.3 Å². The molecule has 0 saturated carbocycles. The van der Waals surface area contributed by atoms with Gasteiger partial charge in [0.2, 0.25) is 5.65 Å². The molecule has 0 radical (unpaired) electrons. The summed E-state index contributed by atoms with van der Waals surface area (Å²) < 4.78 is 45.8. The molecule has 0 amide bonds. The van der Waals surface area contributed by atoms with E-state index in [1.165, 1.54) is 13.2 Å². The summed E-state index contributed by atoms with van der Waals surface area (Å²) in [5.74, 6) is 1.19. The summed E-state index contributed by atoms with van der Waals surface area (Å²) in [6.45, 7) is -0.946.